The summed E-state index contributed by atoms with van der Waals surface area (Å²) in [5.74, 6) is -0.374. The highest BCUT2D eigenvalue weighted by atomic mass is 35.5. The Bertz CT molecular complexity index is 487. The average molecular weight is 240 g/mol. The molecule has 0 saturated carbocycles. The van der Waals surface area contributed by atoms with Crippen LogP contribution in [-0.4, -0.2) is 15.0 Å². The second-order valence-electron chi connectivity index (χ2n) is 3.84. The van der Waals surface area contributed by atoms with Crippen LogP contribution in [0.3, 0.4) is 0 Å². The molecule has 0 unspecified atom stereocenters. The van der Waals surface area contributed by atoms with Crippen LogP contribution in [0, 0.1) is 5.82 Å². The normalized spacial score (nSPS) is 11.1. The maximum atomic E-state index is 13.1. The van der Waals surface area contributed by atoms with E-state index in [-0.39, 0.29) is 11.9 Å². The zero-order valence-electron chi connectivity index (χ0n) is 8.98. The van der Waals surface area contributed by atoms with Crippen molar-refractivity contribution in [3.05, 3.63) is 35.2 Å². The van der Waals surface area contributed by atoms with Crippen LogP contribution in [0.5, 0.6) is 0 Å². The van der Waals surface area contributed by atoms with Crippen molar-refractivity contribution in [2.75, 3.05) is 0 Å². The van der Waals surface area contributed by atoms with Crippen molar-refractivity contribution in [2.45, 2.75) is 19.9 Å². The van der Waals surface area contributed by atoms with E-state index in [1.807, 2.05) is 13.8 Å². The summed E-state index contributed by atoms with van der Waals surface area (Å²) in [6.45, 7) is 3.99. The fourth-order valence-electron chi connectivity index (χ4n) is 1.36. The third kappa shape index (κ3) is 2.22. The smallest absolute Gasteiger partial charge is 0.125 e. The molecule has 0 aliphatic rings. The van der Waals surface area contributed by atoms with E-state index in [0.29, 0.717) is 16.3 Å². The summed E-state index contributed by atoms with van der Waals surface area (Å²) in [4.78, 5) is 0. The second kappa shape index (κ2) is 4.22. The summed E-state index contributed by atoms with van der Waals surface area (Å²) >= 11 is 5.77. The van der Waals surface area contributed by atoms with Crippen LogP contribution < -0.4 is 0 Å². The molecular formula is C11H11ClFN3. The van der Waals surface area contributed by atoms with Gasteiger partial charge in [-0.2, -0.15) is 0 Å². The number of rotatable bonds is 2. The lowest BCUT2D eigenvalue weighted by Gasteiger charge is -2.01. The fourth-order valence-corrected chi connectivity index (χ4v) is 1.58. The molecule has 0 N–H and O–H groups in total. The lowest BCUT2D eigenvalue weighted by molar-refractivity contribution is 0.514. The van der Waals surface area contributed by atoms with Gasteiger partial charge in [0.25, 0.3) is 0 Å². The number of hydrogen-bond donors (Lipinski definition) is 0. The highest BCUT2D eigenvalue weighted by Gasteiger charge is 2.08. The van der Waals surface area contributed by atoms with Gasteiger partial charge in [0.2, 0.25) is 0 Å². The molecule has 0 aliphatic carbocycles. The summed E-state index contributed by atoms with van der Waals surface area (Å²) in [7, 11) is 0. The number of nitrogens with zero attached hydrogens (tertiary/aromatic N) is 3. The molecule has 1 aromatic heterocycles. The van der Waals surface area contributed by atoms with Gasteiger partial charge in [0.15, 0.2) is 0 Å². The Morgan fingerprint density at radius 2 is 2.06 bits per heavy atom. The molecule has 1 aromatic carbocycles. The van der Waals surface area contributed by atoms with E-state index in [4.69, 9.17) is 11.6 Å². The van der Waals surface area contributed by atoms with Crippen LogP contribution >= 0.6 is 11.6 Å². The van der Waals surface area contributed by atoms with Crippen molar-refractivity contribution >= 4 is 11.6 Å². The van der Waals surface area contributed by atoms with Gasteiger partial charge in [0, 0.05) is 16.6 Å². The van der Waals surface area contributed by atoms with Gasteiger partial charge in [-0.05, 0) is 32.0 Å². The molecule has 2 aromatic rings. The summed E-state index contributed by atoms with van der Waals surface area (Å²) in [5.41, 5.74) is 1.26. The van der Waals surface area contributed by atoms with Crippen LogP contribution in [-0.2, 0) is 0 Å². The Balaban J connectivity index is 2.42. The van der Waals surface area contributed by atoms with Crippen LogP contribution in [0.15, 0.2) is 24.4 Å². The zero-order chi connectivity index (χ0) is 11.7. The molecule has 16 heavy (non-hydrogen) atoms. The fraction of sp³-hybridized carbons (Fsp3) is 0.273. The SMILES string of the molecule is CC(C)n1cc(-c2cc(F)cc(Cl)c2)nn1. The molecule has 0 radical (unpaired) electrons. The van der Waals surface area contributed by atoms with Crippen LogP contribution in [0.1, 0.15) is 19.9 Å². The number of halogens is 2. The van der Waals surface area contributed by atoms with E-state index in [9.17, 15) is 4.39 Å². The van der Waals surface area contributed by atoms with Crippen molar-refractivity contribution in [1.29, 1.82) is 0 Å². The van der Waals surface area contributed by atoms with Crippen molar-refractivity contribution in [3.63, 3.8) is 0 Å². The van der Waals surface area contributed by atoms with Crippen LogP contribution in [0.25, 0.3) is 11.3 Å². The Labute approximate surface area is 97.8 Å². The number of aromatic nitrogens is 3. The van der Waals surface area contributed by atoms with Crippen LogP contribution in [0.2, 0.25) is 5.02 Å². The Morgan fingerprint density at radius 1 is 1.31 bits per heavy atom. The maximum Gasteiger partial charge on any atom is 0.125 e. The molecule has 0 fully saturated rings. The molecule has 3 nitrogen and oxygen atoms in total. The van der Waals surface area contributed by atoms with E-state index in [2.05, 4.69) is 10.3 Å². The molecule has 5 heteroatoms. The third-order valence-electron chi connectivity index (χ3n) is 2.20. The lowest BCUT2D eigenvalue weighted by atomic mass is 10.2. The average Bonchev–Trinajstić information content (AvgIpc) is 2.64. The standard InChI is InChI=1S/C11H11ClFN3/c1-7(2)16-6-11(14-15-16)8-3-9(12)5-10(13)4-8/h3-7H,1-2H3. The van der Waals surface area contributed by atoms with Gasteiger partial charge in [0.1, 0.15) is 11.5 Å². The van der Waals surface area contributed by atoms with Gasteiger partial charge in [-0.15, -0.1) is 5.10 Å². The Morgan fingerprint density at radius 3 is 2.62 bits per heavy atom. The monoisotopic (exact) mass is 239 g/mol. The summed E-state index contributed by atoms with van der Waals surface area (Å²) in [6.07, 6.45) is 1.77. The maximum absolute atomic E-state index is 13.1. The van der Waals surface area contributed by atoms with Gasteiger partial charge < -0.3 is 0 Å². The first kappa shape index (κ1) is 11.1. The lowest BCUT2D eigenvalue weighted by Crippen LogP contribution is -2.00. The van der Waals surface area contributed by atoms with Gasteiger partial charge in [-0.3, -0.25) is 0 Å². The predicted octanol–water partition coefficient (Wildman–Crippen LogP) is 3.32. The van der Waals surface area contributed by atoms with E-state index >= 15 is 0 Å². The van der Waals surface area contributed by atoms with E-state index in [0.717, 1.165) is 0 Å². The molecular weight excluding hydrogens is 229 g/mol. The molecule has 0 saturated heterocycles. The molecule has 1 heterocycles. The first-order valence-corrected chi connectivity index (χ1v) is 5.32. The van der Waals surface area contributed by atoms with Crippen molar-refractivity contribution < 1.29 is 4.39 Å². The van der Waals surface area contributed by atoms with Crippen molar-refractivity contribution in [3.8, 4) is 11.3 Å². The Kier molecular flexibility index (Phi) is 2.92. The Hall–Kier alpha value is -1.42. The topological polar surface area (TPSA) is 30.7 Å². The highest BCUT2D eigenvalue weighted by Crippen LogP contribution is 2.22. The largest absolute Gasteiger partial charge is 0.249 e. The first-order valence-electron chi connectivity index (χ1n) is 4.94. The molecule has 0 aliphatic heterocycles. The second-order valence-corrected chi connectivity index (χ2v) is 4.27. The summed E-state index contributed by atoms with van der Waals surface area (Å²) in [5, 5.41) is 8.29. The minimum Gasteiger partial charge on any atom is -0.249 e. The van der Waals surface area contributed by atoms with Gasteiger partial charge >= 0.3 is 0 Å². The molecule has 0 amide bonds. The van der Waals surface area contributed by atoms with Gasteiger partial charge in [-0.1, -0.05) is 16.8 Å². The number of benzene rings is 1. The zero-order valence-corrected chi connectivity index (χ0v) is 9.74. The first-order chi connectivity index (χ1) is 7.56. The van der Waals surface area contributed by atoms with Crippen molar-refractivity contribution in [1.82, 2.24) is 15.0 Å². The predicted molar refractivity (Wildman–Crippen MR) is 60.8 cm³/mol. The molecule has 84 valence electrons. The molecule has 0 spiro atoms. The molecule has 0 atom stereocenters. The third-order valence-corrected chi connectivity index (χ3v) is 2.42. The van der Waals surface area contributed by atoms with Gasteiger partial charge in [0.05, 0.1) is 6.20 Å². The minimum atomic E-state index is -0.374. The summed E-state index contributed by atoms with van der Waals surface area (Å²) < 4.78 is 14.9. The molecule has 0 bridgehead atoms. The molecule has 2 rings (SSSR count). The highest BCUT2D eigenvalue weighted by molar-refractivity contribution is 6.30. The quantitative estimate of drug-likeness (QED) is 0.805. The number of hydrogen-bond acceptors (Lipinski definition) is 2. The van der Waals surface area contributed by atoms with Crippen LogP contribution in [0.4, 0.5) is 4.39 Å². The van der Waals surface area contributed by atoms with E-state index in [1.165, 1.54) is 12.1 Å². The van der Waals surface area contributed by atoms with Crippen molar-refractivity contribution in [2.24, 2.45) is 0 Å². The van der Waals surface area contributed by atoms with E-state index in [1.54, 1.807) is 16.9 Å². The van der Waals surface area contributed by atoms with E-state index < -0.39 is 0 Å². The minimum absolute atomic E-state index is 0.227. The summed E-state index contributed by atoms with van der Waals surface area (Å²) in [6, 6.07) is 4.54. The van der Waals surface area contributed by atoms with Gasteiger partial charge in [-0.25, -0.2) is 9.07 Å².